The van der Waals surface area contributed by atoms with E-state index in [1.165, 1.54) is 24.1 Å². The van der Waals surface area contributed by atoms with Gasteiger partial charge in [0, 0.05) is 30.6 Å². The van der Waals surface area contributed by atoms with Gasteiger partial charge in [0.1, 0.15) is 18.2 Å². The van der Waals surface area contributed by atoms with Crippen LogP contribution in [0, 0.1) is 6.92 Å². The molecule has 30 heavy (non-hydrogen) atoms. The standard InChI is InChI=1S/C21H19FN6O2/c1-12-24-10-13(11-25-12)16-8-14(6-7-17(16)29)21(19(30)28(2)20(23)27-21)18-5-3-4-15(9-22)26-18/h3-8,10-11,29H,9H2,1-2H3,(H2,23,27). The van der Waals surface area contributed by atoms with Crippen LogP contribution >= 0.6 is 0 Å². The van der Waals surface area contributed by atoms with Crippen LogP contribution in [0.2, 0.25) is 0 Å². The zero-order valence-corrected chi connectivity index (χ0v) is 16.4. The molecule has 8 nitrogen and oxygen atoms in total. The highest BCUT2D eigenvalue weighted by Gasteiger charge is 2.51. The smallest absolute Gasteiger partial charge is 0.267 e. The quantitative estimate of drug-likeness (QED) is 0.685. The summed E-state index contributed by atoms with van der Waals surface area (Å²) in [6.07, 6.45) is 3.16. The lowest BCUT2D eigenvalue weighted by molar-refractivity contribution is -0.129. The van der Waals surface area contributed by atoms with Gasteiger partial charge < -0.3 is 10.8 Å². The van der Waals surface area contributed by atoms with Gasteiger partial charge >= 0.3 is 0 Å². The molecule has 1 aromatic carbocycles. The van der Waals surface area contributed by atoms with Crippen LogP contribution in [-0.4, -0.2) is 43.9 Å². The SMILES string of the molecule is Cc1ncc(-c2cc(C3(c4cccc(CF)n4)N=C(N)N(C)C3=O)ccc2O)cn1. The normalized spacial score (nSPS) is 18.6. The summed E-state index contributed by atoms with van der Waals surface area (Å²) < 4.78 is 13.3. The van der Waals surface area contributed by atoms with Crippen molar-refractivity contribution >= 4 is 11.9 Å². The van der Waals surface area contributed by atoms with Crippen molar-refractivity contribution in [3.05, 3.63) is 71.6 Å². The van der Waals surface area contributed by atoms with Gasteiger partial charge in [-0.15, -0.1) is 0 Å². The number of hydrogen-bond donors (Lipinski definition) is 2. The highest BCUT2D eigenvalue weighted by Crippen LogP contribution is 2.41. The van der Waals surface area contributed by atoms with Gasteiger partial charge in [0.15, 0.2) is 5.96 Å². The number of nitrogens with two attached hydrogens (primary N) is 1. The number of amides is 1. The molecular weight excluding hydrogens is 387 g/mol. The number of guanidine groups is 1. The van der Waals surface area contributed by atoms with Crippen molar-refractivity contribution in [2.45, 2.75) is 19.1 Å². The van der Waals surface area contributed by atoms with E-state index in [0.717, 1.165) is 0 Å². The third-order valence-corrected chi connectivity index (χ3v) is 5.06. The molecule has 0 saturated heterocycles. The summed E-state index contributed by atoms with van der Waals surface area (Å²) in [4.78, 5) is 31.6. The van der Waals surface area contributed by atoms with E-state index in [1.807, 2.05) is 0 Å². The maximum atomic E-state index is 13.3. The van der Waals surface area contributed by atoms with Crippen molar-refractivity contribution in [1.29, 1.82) is 0 Å². The van der Waals surface area contributed by atoms with Crippen LogP contribution in [0.5, 0.6) is 5.75 Å². The summed E-state index contributed by atoms with van der Waals surface area (Å²) >= 11 is 0. The number of phenols is 1. The molecule has 4 rings (SSSR count). The molecule has 0 saturated carbocycles. The van der Waals surface area contributed by atoms with Crippen LogP contribution in [-0.2, 0) is 17.0 Å². The summed E-state index contributed by atoms with van der Waals surface area (Å²) in [6, 6.07) is 9.41. The Labute approximate surface area is 172 Å². The summed E-state index contributed by atoms with van der Waals surface area (Å²) in [5.74, 6) is 0.159. The number of halogens is 1. The number of aromatic hydroxyl groups is 1. The number of rotatable bonds is 4. The number of alkyl halides is 1. The molecule has 3 N–H and O–H groups in total. The van der Waals surface area contributed by atoms with Gasteiger partial charge in [0.25, 0.3) is 5.91 Å². The molecule has 1 aliphatic heterocycles. The van der Waals surface area contributed by atoms with Crippen LogP contribution < -0.4 is 5.73 Å². The fourth-order valence-electron chi connectivity index (χ4n) is 3.42. The molecule has 1 aliphatic rings. The molecule has 3 heterocycles. The van der Waals surface area contributed by atoms with Crippen LogP contribution in [0.15, 0.2) is 53.8 Å². The summed E-state index contributed by atoms with van der Waals surface area (Å²) in [7, 11) is 1.51. The Kier molecular flexibility index (Phi) is 4.65. The average molecular weight is 406 g/mol. The second kappa shape index (κ2) is 7.18. The Balaban J connectivity index is 1.96. The molecule has 0 aliphatic carbocycles. The van der Waals surface area contributed by atoms with E-state index in [9.17, 15) is 14.3 Å². The zero-order chi connectivity index (χ0) is 21.5. The minimum Gasteiger partial charge on any atom is -0.507 e. The Morgan fingerprint density at radius 1 is 1.20 bits per heavy atom. The predicted octanol–water partition coefficient (Wildman–Crippen LogP) is 2.05. The number of phenolic OH excluding ortho intramolecular Hbond substituents is 1. The highest BCUT2D eigenvalue weighted by atomic mass is 19.1. The van der Waals surface area contributed by atoms with Crippen LogP contribution in [0.25, 0.3) is 11.1 Å². The first-order valence-corrected chi connectivity index (χ1v) is 9.15. The maximum Gasteiger partial charge on any atom is 0.267 e. The molecule has 1 amide bonds. The number of carbonyl (C=O) groups excluding carboxylic acids is 1. The van der Waals surface area contributed by atoms with E-state index in [-0.39, 0.29) is 23.1 Å². The molecule has 0 bridgehead atoms. The molecule has 3 aromatic rings. The van der Waals surface area contributed by atoms with Crippen LogP contribution in [0.4, 0.5) is 4.39 Å². The summed E-state index contributed by atoms with van der Waals surface area (Å²) in [5, 5.41) is 10.4. The van der Waals surface area contributed by atoms with Crippen molar-refractivity contribution in [2.24, 2.45) is 10.7 Å². The predicted molar refractivity (Wildman–Crippen MR) is 108 cm³/mol. The molecule has 1 unspecified atom stereocenters. The fourth-order valence-corrected chi connectivity index (χ4v) is 3.42. The van der Waals surface area contributed by atoms with E-state index >= 15 is 0 Å². The minimum absolute atomic E-state index is 0.0115. The number of aliphatic imine (C=N–C) groups is 1. The Bertz CT molecular complexity index is 1160. The van der Waals surface area contributed by atoms with Gasteiger partial charge in [-0.25, -0.2) is 19.4 Å². The van der Waals surface area contributed by atoms with Crippen molar-refractivity contribution in [2.75, 3.05) is 7.05 Å². The molecule has 9 heteroatoms. The fraction of sp³-hybridized carbons (Fsp3) is 0.190. The zero-order valence-electron chi connectivity index (χ0n) is 16.4. The molecule has 0 spiro atoms. The molecule has 0 fully saturated rings. The molecule has 152 valence electrons. The lowest BCUT2D eigenvalue weighted by Gasteiger charge is -2.26. The first-order valence-electron chi connectivity index (χ1n) is 9.15. The van der Waals surface area contributed by atoms with Gasteiger partial charge in [0.2, 0.25) is 5.54 Å². The number of aromatic nitrogens is 3. The molecule has 0 radical (unpaired) electrons. The first-order chi connectivity index (χ1) is 14.4. The Morgan fingerprint density at radius 3 is 2.57 bits per heavy atom. The third kappa shape index (κ3) is 2.95. The topological polar surface area (TPSA) is 118 Å². The number of benzene rings is 1. The lowest BCUT2D eigenvalue weighted by Crippen LogP contribution is -2.41. The maximum absolute atomic E-state index is 13.3. The van der Waals surface area contributed by atoms with Crippen LogP contribution in [0.1, 0.15) is 22.8 Å². The van der Waals surface area contributed by atoms with Crippen molar-refractivity contribution in [3.8, 4) is 16.9 Å². The van der Waals surface area contributed by atoms with Gasteiger partial charge in [-0.05, 0) is 36.8 Å². The number of carbonyl (C=O) groups is 1. The molecule has 1 atom stereocenters. The van der Waals surface area contributed by atoms with Gasteiger partial charge in [-0.1, -0.05) is 12.1 Å². The third-order valence-electron chi connectivity index (χ3n) is 5.06. The average Bonchev–Trinajstić information content (AvgIpc) is 2.99. The highest BCUT2D eigenvalue weighted by molar-refractivity contribution is 6.08. The number of aryl methyl sites for hydroxylation is 1. The first kappa shape index (κ1) is 19.4. The van der Waals surface area contributed by atoms with E-state index < -0.39 is 18.1 Å². The van der Waals surface area contributed by atoms with E-state index in [1.54, 1.807) is 43.6 Å². The van der Waals surface area contributed by atoms with E-state index in [4.69, 9.17) is 5.73 Å². The number of likely N-dealkylation sites (N-methyl/N-ethyl adjacent to an activating group) is 1. The van der Waals surface area contributed by atoms with Gasteiger partial charge in [0.05, 0.1) is 11.4 Å². The Morgan fingerprint density at radius 2 is 1.93 bits per heavy atom. The van der Waals surface area contributed by atoms with E-state index in [0.29, 0.717) is 22.5 Å². The molecule has 2 aromatic heterocycles. The van der Waals surface area contributed by atoms with E-state index in [2.05, 4.69) is 19.9 Å². The van der Waals surface area contributed by atoms with Crippen molar-refractivity contribution in [3.63, 3.8) is 0 Å². The minimum atomic E-state index is -1.60. The van der Waals surface area contributed by atoms with Gasteiger partial charge in [-0.2, -0.15) is 0 Å². The molecular formula is C21H19FN6O2. The monoisotopic (exact) mass is 406 g/mol. The number of nitrogens with zero attached hydrogens (tertiary/aromatic N) is 5. The van der Waals surface area contributed by atoms with Crippen molar-refractivity contribution < 1.29 is 14.3 Å². The lowest BCUT2D eigenvalue weighted by atomic mass is 9.84. The number of pyridine rings is 1. The second-order valence-electron chi connectivity index (χ2n) is 6.94. The van der Waals surface area contributed by atoms with Gasteiger partial charge in [-0.3, -0.25) is 14.7 Å². The van der Waals surface area contributed by atoms with Crippen LogP contribution in [0.3, 0.4) is 0 Å². The van der Waals surface area contributed by atoms with Crippen molar-refractivity contribution in [1.82, 2.24) is 19.9 Å². The largest absolute Gasteiger partial charge is 0.507 e. The Hall–Kier alpha value is -3.88. The second-order valence-corrected chi connectivity index (χ2v) is 6.94. The summed E-state index contributed by atoms with van der Waals surface area (Å²) in [6.45, 7) is 0.970. The summed E-state index contributed by atoms with van der Waals surface area (Å²) in [5.41, 5.74) is 6.20. The number of hydrogen-bond acceptors (Lipinski definition) is 7.